The number of carbonyl (C=O) groups excluding carboxylic acids is 2. The van der Waals surface area contributed by atoms with Crippen LogP contribution in [-0.2, 0) is 9.59 Å². The Kier molecular flexibility index (Phi) is 6.08. The van der Waals surface area contributed by atoms with E-state index in [0.29, 0.717) is 5.69 Å². The molecule has 2 N–H and O–H groups in total. The summed E-state index contributed by atoms with van der Waals surface area (Å²) in [6.45, 7) is 0.276. The lowest BCUT2D eigenvalue weighted by Gasteiger charge is -2.17. The van der Waals surface area contributed by atoms with Gasteiger partial charge in [-0.3, -0.25) is 14.3 Å². The minimum absolute atomic E-state index is 0.153. The predicted molar refractivity (Wildman–Crippen MR) is 105 cm³/mol. The second kappa shape index (κ2) is 8.68. The molecular weight excluding hydrogens is 368 g/mol. The van der Waals surface area contributed by atoms with E-state index in [2.05, 4.69) is 15.7 Å². The number of para-hydroxylation sites is 1. The molecule has 0 aliphatic carbocycles. The summed E-state index contributed by atoms with van der Waals surface area (Å²) < 4.78 is 1.77. The fourth-order valence-corrected chi connectivity index (χ4v) is 3.84. The van der Waals surface area contributed by atoms with Crippen molar-refractivity contribution in [3.63, 3.8) is 0 Å². The molecule has 1 aromatic carbocycles. The molecule has 0 spiro atoms. The molecule has 0 saturated carbocycles. The van der Waals surface area contributed by atoms with Gasteiger partial charge in [0.1, 0.15) is 6.04 Å². The zero-order chi connectivity index (χ0) is 18.4. The van der Waals surface area contributed by atoms with Crippen LogP contribution in [0.5, 0.6) is 0 Å². The highest BCUT2D eigenvalue weighted by Gasteiger charge is 2.20. The van der Waals surface area contributed by atoms with E-state index in [9.17, 15) is 9.59 Å². The predicted octanol–water partition coefficient (Wildman–Crippen LogP) is 3.01. The number of thioether (sulfide) groups is 1. The first kappa shape index (κ1) is 18.2. The van der Waals surface area contributed by atoms with E-state index in [4.69, 9.17) is 0 Å². The molecule has 2 amide bonds. The molecule has 0 unspecified atom stereocenters. The van der Waals surface area contributed by atoms with Gasteiger partial charge in [-0.05, 0) is 35.9 Å². The Balaban J connectivity index is 1.64. The number of carbonyl (C=O) groups is 2. The first-order chi connectivity index (χ1) is 12.7. The zero-order valence-electron chi connectivity index (χ0n) is 14.1. The number of hydrogen-bond donors (Lipinski definition) is 2. The number of anilines is 1. The van der Waals surface area contributed by atoms with Gasteiger partial charge in [-0.15, -0.1) is 23.1 Å². The molecule has 6 nitrogen and oxygen atoms in total. The Morgan fingerprint density at radius 2 is 2.04 bits per heavy atom. The number of hydrogen-bond acceptors (Lipinski definition) is 5. The molecule has 0 bridgehead atoms. The third-order valence-electron chi connectivity index (χ3n) is 3.73. The topological polar surface area (TPSA) is 76.0 Å². The number of thiophene rings is 1. The molecule has 1 atom stereocenters. The molecule has 3 rings (SSSR count). The molecule has 26 heavy (non-hydrogen) atoms. The molecule has 2 aromatic heterocycles. The van der Waals surface area contributed by atoms with E-state index >= 15 is 0 Å². The van der Waals surface area contributed by atoms with E-state index in [-0.39, 0.29) is 12.6 Å². The quantitative estimate of drug-likeness (QED) is 0.504. The maximum absolute atomic E-state index is 12.2. The fourth-order valence-electron chi connectivity index (χ4n) is 2.47. The molecule has 2 heterocycles. The summed E-state index contributed by atoms with van der Waals surface area (Å²) in [7, 11) is 0. The monoisotopic (exact) mass is 386 g/mol. The van der Waals surface area contributed by atoms with Crippen molar-refractivity contribution in [1.29, 1.82) is 0 Å². The summed E-state index contributed by atoms with van der Waals surface area (Å²) in [5.74, 6) is -1.36. The van der Waals surface area contributed by atoms with E-state index in [1.165, 1.54) is 11.8 Å². The van der Waals surface area contributed by atoms with Gasteiger partial charge in [0.15, 0.2) is 0 Å². The van der Waals surface area contributed by atoms with Crippen LogP contribution in [0.4, 0.5) is 5.69 Å². The Morgan fingerprint density at radius 1 is 1.19 bits per heavy atom. The molecular formula is C18H18N4O2S2. The number of aromatic nitrogens is 2. The van der Waals surface area contributed by atoms with E-state index in [0.717, 1.165) is 9.77 Å². The van der Waals surface area contributed by atoms with Crippen molar-refractivity contribution < 1.29 is 9.59 Å². The summed E-state index contributed by atoms with van der Waals surface area (Å²) in [5, 5.41) is 11.6. The Labute approximate surface area is 159 Å². The molecule has 0 fully saturated rings. The average Bonchev–Trinajstić information content (AvgIpc) is 3.36. The van der Waals surface area contributed by atoms with E-state index < -0.39 is 11.8 Å². The summed E-state index contributed by atoms with van der Waals surface area (Å²) in [6.07, 6.45) is 5.45. The van der Waals surface area contributed by atoms with Crippen molar-refractivity contribution >= 4 is 40.6 Å². The largest absolute Gasteiger partial charge is 0.345 e. The summed E-state index contributed by atoms with van der Waals surface area (Å²) in [5.41, 5.74) is 0.627. The van der Waals surface area contributed by atoms with Crippen LogP contribution in [-0.4, -0.2) is 34.4 Å². The lowest BCUT2D eigenvalue weighted by molar-refractivity contribution is -0.136. The van der Waals surface area contributed by atoms with Crippen molar-refractivity contribution in [2.45, 2.75) is 10.9 Å². The highest BCUT2D eigenvalue weighted by molar-refractivity contribution is 7.98. The van der Waals surface area contributed by atoms with E-state index in [1.807, 2.05) is 54.2 Å². The minimum atomic E-state index is -0.683. The Morgan fingerprint density at radius 3 is 2.73 bits per heavy atom. The molecule has 134 valence electrons. The van der Waals surface area contributed by atoms with Gasteiger partial charge in [-0.1, -0.05) is 18.2 Å². The summed E-state index contributed by atoms with van der Waals surface area (Å²) in [4.78, 5) is 26.4. The maximum Gasteiger partial charge on any atom is 0.313 e. The fraction of sp³-hybridized carbons (Fsp3) is 0.167. The maximum atomic E-state index is 12.2. The number of nitrogens with zero attached hydrogens (tertiary/aromatic N) is 2. The lowest BCUT2D eigenvalue weighted by atomic mass is 10.2. The van der Waals surface area contributed by atoms with Crippen molar-refractivity contribution in [2.75, 3.05) is 18.1 Å². The molecule has 0 radical (unpaired) electrons. The van der Waals surface area contributed by atoms with Gasteiger partial charge in [0.05, 0.1) is 5.69 Å². The highest BCUT2D eigenvalue weighted by atomic mass is 32.2. The zero-order valence-corrected chi connectivity index (χ0v) is 15.7. The third kappa shape index (κ3) is 4.33. The van der Waals surface area contributed by atoms with Crippen LogP contribution in [0.25, 0.3) is 0 Å². The van der Waals surface area contributed by atoms with Gasteiger partial charge < -0.3 is 10.6 Å². The molecule has 0 aliphatic rings. The first-order valence-corrected chi connectivity index (χ1v) is 10.0. The van der Waals surface area contributed by atoms with Crippen LogP contribution in [0.2, 0.25) is 0 Å². The molecule has 8 heteroatoms. The number of benzene rings is 1. The van der Waals surface area contributed by atoms with Gasteiger partial charge in [-0.2, -0.15) is 5.10 Å². The molecule has 0 saturated heterocycles. The number of rotatable bonds is 6. The van der Waals surface area contributed by atoms with Crippen molar-refractivity contribution in [2.24, 2.45) is 0 Å². The normalized spacial score (nSPS) is 11.7. The number of amides is 2. The second-order valence-electron chi connectivity index (χ2n) is 5.38. The minimum Gasteiger partial charge on any atom is -0.345 e. The SMILES string of the molecule is CSc1ccccc1NC(=O)C(=O)NC[C@@H](c1cccs1)n1cccn1. The van der Waals surface area contributed by atoms with Crippen molar-refractivity contribution in [1.82, 2.24) is 15.1 Å². The summed E-state index contributed by atoms with van der Waals surface area (Å²) in [6, 6.07) is 13.0. The van der Waals surface area contributed by atoms with Gasteiger partial charge >= 0.3 is 11.8 Å². The number of nitrogens with one attached hydrogen (secondary N) is 2. The van der Waals surface area contributed by atoms with Crippen LogP contribution >= 0.6 is 23.1 Å². The second-order valence-corrected chi connectivity index (χ2v) is 7.21. The van der Waals surface area contributed by atoms with Crippen LogP contribution in [0.15, 0.2) is 65.1 Å². The molecule has 0 aliphatic heterocycles. The van der Waals surface area contributed by atoms with Gasteiger partial charge in [0.2, 0.25) is 0 Å². The van der Waals surface area contributed by atoms with Gasteiger partial charge in [-0.25, -0.2) is 0 Å². The van der Waals surface area contributed by atoms with Gasteiger partial charge in [0, 0.05) is 28.7 Å². The highest BCUT2D eigenvalue weighted by Crippen LogP contribution is 2.24. The van der Waals surface area contributed by atoms with Crippen LogP contribution < -0.4 is 10.6 Å². The standard InChI is InChI=1S/C18H18N4O2S2/c1-25-15-7-3-2-6-13(15)21-18(24)17(23)19-12-14(16-8-4-11-26-16)22-10-5-9-20-22/h2-11,14H,12H2,1H3,(H,19,23)(H,21,24)/t14-/m0/s1. The van der Waals surface area contributed by atoms with E-state index in [1.54, 1.807) is 28.3 Å². The molecule has 3 aromatic rings. The van der Waals surface area contributed by atoms with Crippen molar-refractivity contribution in [3.05, 3.63) is 65.1 Å². The van der Waals surface area contributed by atoms with Crippen LogP contribution in [0.1, 0.15) is 10.9 Å². The Bertz CT molecular complexity index is 829. The van der Waals surface area contributed by atoms with Crippen LogP contribution in [0, 0.1) is 0 Å². The lowest BCUT2D eigenvalue weighted by Crippen LogP contribution is -2.38. The smallest absolute Gasteiger partial charge is 0.313 e. The van der Waals surface area contributed by atoms with Crippen molar-refractivity contribution in [3.8, 4) is 0 Å². The van der Waals surface area contributed by atoms with Gasteiger partial charge in [0.25, 0.3) is 0 Å². The Hall–Kier alpha value is -2.58. The van der Waals surface area contributed by atoms with Crippen LogP contribution in [0.3, 0.4) is 0 Å². The summed E-state index contributed by atoms with van der Waals surface area (Å²) >= 11 is 3.09. The third-order valence-corrected chi connectivity index (χ3v) is 5.50. The first-order valence-electron chi connectivity index (χ1n) is 7.93. The average molecular weight is 387 g/mol.